The maximum Gasteiger partial charge on any atom is 0.407 e. The van der Waals surface area contributed by atoms with Crippen LogP contribution in [0.1, 0.15) is 49.5 Å². The number of benzene rings is 3. The molecule has 208 valence electrons. The van der Waals surface area contributed by atoms with Crippen molar-refractivity contribution < 1.29 is 28.6 Å². The van der Waals surface area contributed by atoms with E-state index >= 15 is 0 Å². The number of hydrogen-bond acceptors (Lipinski definition) is 6. The number of nitrogens with one attached hydrogen (secondary N) is 3. The highest BCUT2D eigenvalue weighted by molar-refractivity contribution is 6.04. The molecule has 0 unspecified atom stereocenters. The van der Waals surface area contributed by atoms with Crippen LogP contribution in [0.2, 0.25) is 0 Å². The number of alkyl carbamates (subject to hydrolysis) is 1. The Labute approximate surface area is 229 Å². The van der Waals surface area contributed by atoms with Crippen LogP contribution in [0.15, 0.2) is 60.7 Å². The summed E-state index contributed by atoms with van der Waals surface area (Å²) in [5.74, 6) is 0.246. The lowest BCUT2D eigenvalue weighted by molar-refractivity contribution is -0.123. The Morgan fingerprint density at radius 2 is 1.59 bits per heavy atom. The molecule has 0 bridgehead atoms. The first-order valence-corrected chi connectivity index (χ1v) is 12.9. The highest BCUT2D eigenvalue weighted by Gasteiger charge is 2.24. The second kappa shape index (κ2) is 13.5. The summed E-state index contributed by atoms with van der Waals surface area (Å²) in [7, 11) is 3.07. The van der Waals surface area contributed by atoms with Crippen LogP contribution in [0.25, 0.3) is 10.8 Å². The van der Waals surface area contributed by atoms with E-state index in [0.717, 1.165) is 16.3 Å². The average Bonchev–Trinajstić information content (AvgIpc) is 2.91. The van der Waals surface area contributed by atoms with Gasteiger partial charge in [-0.15, -0.1) is 0 Å². The first-order valence-electron chi connectivity index (χ1n) is 12.9. The summed E-state index contributed by atoms with van der Waals surface area (Å²) in [5.41, 5.74) is 0.625. The summed E-state index contributed by atoms with van der Waals surface area (Å²) >= 11 is 0. The summed E-state index contributed by atoms with van der Waals surface area (Å²) in [5, 5.41) is 10.0. The number of rotatable bonds is 11. The molecule has 0 heterocycles. The van der Waals surface area contributed by atoms with Crippen molar-refractivity contribution >= 4 is 28.7 Å². The minimum atomic E-state index is -0.840. The van der Waals surface area contributed by atoms with Gasteiger partial charge in [-0.3, -0.25) is 9.59 Å². The van der Waals surface area contributed by atoms with E-state index in [4.69, 9.17) is 14.2 Å². The fourth-order valence-electron chi connectivity index (χ4n) is 4.02. The number of carbonyl (C=O) groups is 3. The van der Waals surface area contributed by atoms with Gasteiger partial charge in [0.1, 0.15) is 23.1 Å². The number of hydrogen-bond donors (Lipinski definition) is 3. The lowest BCUT2D eigenvalue weighted by Crippen LogP contribution is -2.47. The van der Waals surface area contributed by atoms with Gasteiger partial charge < -0.3 is 30.2 Å². The van der Waals surface area contributed by atoms with Crippen LogP contribution in [-0.4, -0.2) is 50.3 Å². The van der Waals surface area contributed by atoms with E-state index in [1.54, 1.807) is 40.0 Å². The molecule has 3 N–H and O–H groups in total. The Kier molecular flexibility index (Phi) is 10.1. The lowest BCUT2D eigenvalue weighted by atomic mass is 10.0. The van der Waals surface area contributed by atoms with Crippen molar-refractivity contribution in [2.75, 3.05) is 20.8 Å². The molecule has 0 saturated carbocycles. The molecule has 3 aromatic carbocycles. The van der Waals surface area contributed by atoms with Gasteiger partial charge in [0.25, 0.3) is 5.91 Å². The van der Waals surface area contributed by atoms with E-state index < -0.39 is 23.6 Å². The number of amides is 3. The van der Waals surface area contributed by atoms with E-state index in [1.165, 1.54) is 7.11 Å². The Balaban J connectivity index is 1.74. The molecule has 0 radical (unpaired) electrons. The fraction of sp³-hybridized carbons (Fsp3) is 0.367. The van der Waals surface area contributed by atoms with Crippen LogP contribution in [0.5, 0.6) is 11.5 Å². The molecule has 3 rings (SSSR count). The molecule has 0 saturated heterocycles. The zero-order valence-corrected chi connectivity index (χ0v) is 23.1. The molecule has 0 aliphatic heterocycles. The van der Waals surface area contributed by atoms with Gasteiger partial charge in [0.2, 0.25) is 5.91 Å². The van der Waals surface area contributed by atoms with Crippen molar-refractivity contribution in [1.82, 2.24) is 16.0 Å². The van der Waals surface area contributed by atoms with Crippen molar-refractivity contribution in [2.24, 2.45) is 0 Å². The molecule has 0 spiro atoms. The van der Waals surface area contributed by atoms with Gasteiger partial charge in [0, 0.05) is 18.5 Å². The zero-order valence-electron chi connectivity index (χ0n) is 23.1. The minimum Gasteiger partial charge on any atom is -0.496 e. The van der Waals surface area contributed by atoms with Gasteiger partial charge in [-0.1, -0.05) is 42.5 Å². The highest BCUT2D eigenvalue weighted by atomic mass is 16.6. The van der Waals surface area contributed by atoms with Crippen molar-refractivity contribution in [3.8, 4) is 11.5 Å². The van der Waals surface area contributed by atoms with Crippen molar-refractivity contribution in [2.45, 2.75) is 51.8 Å². The molecule has 3 amide bonds. The molecule has 0 aliphatic rings. The zero-order chi connectivity index (χ0) is 28.4. The van der Waals surface area contributed by atoms with Gasteiger partial charge in [0.05, 0.1) is 19.8 Å². The van der Waals surface area contributed by atoms with Crippen LogP contribution in [0.3, 0.4) is 0 Å². The third-order valence-corrected chi connectivity index (χ3v) is 5.89. The summed E-state index contributed by atoms with van der Waals surface area (Å²) in [6.45, 7) is 5.96. The van der Waals surface area contributed by atoms with Crippen LogP contribution >= 0.6 is 0 Å². The predicted molar refractivity (Wildman–Crippen MR) is 150 cm³/mol. The van der Waals surface area contributed by atoms with E-state index in [-0.39, 0.29) is 12.5 Å². The molecular weight excluding hydrogens is 498 g/mol. The fourth-order valence-corrected chi connectivity index (χ4v) is 4.02. The van der Waals surface area contributed by atoms with Crippen molar-refractivity contribution in [1.29, 1.82) is 0 Å². The molecule has 1 atom stereocenters. The molecule has 39 heavy (non-hydrogen) atoms. The molecule has 0 aromatic heterocycles. The van der Waals surface area contributed by atoms with E-state index in [1.807, 2.05) is 48.5 Å². The summed E-state index contributed by atoms with van der Waals surface area (Å²) in [6, 6.07) is 17.7. The van der Waals surface area contributed by atoms with Gasteiger partial charge in [0.15, 0.2) is 0 Å². The first kappa shape index (κ1) is 29.3. The van der Waals surface area contributed by atoms with Crippen molar-refractivity contribution in [3.63, 3.8) is 0 Å². The monoisotopic (exact) mass is 535 g/mol. The van der Waals surface area contributed by atoms with Crippen LogP contribution in [0.4, 0.5) is 4.79 Å². The Morgan fingerprint density at radius 1 is 0.872 bits per heavy atom. The predicted octanol–water partition coefficient (Wildman–Crippen LogP) is 4.58. The standard InChI is InChI=1S/C30H37N3O6/c1-30(2,3)39-29(36)31-16-10-14-24(28(35)32-19-20-11-7-6-8-12-20)33-27(34)23-17-21-13-9-15-25(37-4)22(21)18-26(23)38-5/h6-9,11-13,15,17-18,24H,10,14,16,19H2,1-5H3,(H,31,36)(H,32,35)(H,33,34)/t24-/m0/s1. The third kappa shape index (κ3) is 8.63. The second-order valence-corrected chi connectivity index (χ2v) is 10.0. The third-order valence-electron chi connectivity index (χ3n) is 5.89. The summed E-state index contributed by atoms with van der Waals surface area (Å²) in [4.78, 5) is 38.6. The highest BCUT2D eigenvalue weighted by Crippen LogP contribution is 2.32. The first-order chi connectivity index (χ1) is 18.6. The molecule has 9 heteroatoms. The van der Waals surface area contributed by atoms with Gasteiger partial charge in [-0.25, -0.2) is 4.79 Å². The van der Waals surface area contributed by atoms with Gasteiger partial charge >= 0.3 is 6.09 Å². The quantitative estimate of drug-likeness (QED) is 0.310. The lowest BCUT2D eigenvalue weighted by Gasteiger charge is -2.21. The number of ether oxygens (including phenoxy) is 3. The van der Waals surface area contributed by atoms with E-state index in [9.17, 15) is 14.4 Å². The van der Waals surface area contributed by atoms with Crippen LogP contribution < -0.4 is 25.4 Å². The maximum absolute atomic E-state index is 13.4. The van der Waals surface area contributed by atoms with Crippen LogP contribution in [-0.2, 0) is 16.1 Å². The van der Waals surface area contributed by atoms with E-state index in [2.05, 4.69) is 16.0 Å². The second-order valence-electron chi connectivity index (χ2n) is 10.0. The smallest absolute Gasteiger partial charge is 0.407 e. The molecule has 0 fully saturated rings. The topological polar surface area (TPSA) is 115 Å². The molecule has 3 aromatic rings. The number of methoxy groups -OCH3 is 2. The van der Waals surface area contributed by atoms with E-state index in [0.29, 0.717) is 36.4 Å². The minimum absolute atomic E-state index is 0.284. The van der Waals surface area contributed by atoms with Crippen LogP contribution in [0, 0.1) is 0 Å². The van der Waals surface area contributed by atoms with Crippen molar-refractivity contribution in [3.05, 3.63) is 71.8 Å². The normalized spacial score (nSPS) is 11.8. The number of carbonyl (C=O) groups excluding carboxylic acids is 3. The Bertz CT molecular complexity index is 1290. The summed E-state index contributed by atoms with van der Waals surface area (Å²) in [6.07, 6.45) is 0.203. The maximum atomic E-state index is 13.4. The van der Waals surface area contributed by atoms with Gasteiger partial charge in [-0.05, 0) is 62.8 Å². The average molecular weight is 536 g/mol. The molecule has 9 nitrogen and oxygen atoms in total. The summed E-state index contributed by atoms with van der Waals surface area (Å²) < 4.78 is 16.2. The number of fused-ring (bicyclic) bond motifs is 1. The Hall–Kier alpha value is -4.27. The Morgan fingerprint density at radius 3 is 2.26 bits per heavy atom. The SMILES string of the molecule is COc1cc2c(OC)cccc2cc1C(=O)N[C@@H](CCCNC(=O)OC(C)(C)C)C(=O)NCc1ccccc1. The van der Waals surface area contributed by atoms with Gasteiger partial charge in [-0.2, -0.15) is 0 Å². The largest absolute Gasteiger partial charge is 0.496 e. The molecular formula is C30H37N3O6. The molecule has 0 aliphatic carbocycles.